The lowest BCUT2D eigenvalue weighted by atomic mass is 10.0. The molecule has 0 saturated heterocycles. The Morgan fingerprint density at radius 1 is 0.386 bits per heavy atom. The number of hydrogen-bond donors (Lipinski definition) is 0. The van der Waals surface area contributed by atoms with Gasteiger partial charge in [0.05, 0.1) is 23.1 Å². The summed E-state index contributed by atoms with van der Waals surface area (Å²) in [5, 5.41) is 7.61. The molecule has 3 heterocycles. The Balaban J connectivity index is 1.04. The van der Waals surface area contributed by atoms with Gasteiger partial charge in [-0.3, -0.25) is 4.57 Å². The summed E-state index contributed by atoms with van der Waals surface area (Å²) in [4.78, 5) is 24.2. The van der Waals surface area contributed by atoms with E-state index in [9.17, 15) is 0 Å². The average Bonchev–Trinajstić information content (AvgIpc) is 3.61. The van der Waals surface area contributed by atoms with Gasteiger partial charge in [-0.05, 0) is 80.5 Å². The molecule has 57 heavy (non-hydrogen) atoms. The molecule has 6 heteroatoms. The summed E-state index contributed by atoms with van der Waals surface area (Å²) in [6.45, 7) is 7.74. The first-order valence-electron chi connectivity index (χ1n) is 18.8. The van der Waals surface area contributed by atoms with Crippen LogP contribution < -0.4 is 0 Å². The second-order valence-corrected chi connectivity index (χ2v) is 14.2. The van der Waals surface area contributed by atoms with E-state index < -0.39 is 0 Å². The molecular weight excluding hydrogens is 697 g/mol. The third-order valence-corrected chi connectivity index (χ3v) is 10.9. The zero-order chi connectivity index (χ0) is 37.9. The van der Waals surface area contributed by atoms with Gasteiger partial charge in [-0.2, -0.15) is 0 Å². The zero-order valence-electron chi connectivity index (χ0n) is 30.5. The maximum atomic E-state index is 7.74. The molecule has 0 fully saturated rings. The highest BCUT2D eigenvalue weighted by Gasteiger charge is 2.18. The normalized spacial score (nSPS) is 11.5. The molecule has 3 aromatic heterocycles. The number of aromatic nitrogens is 5. The minimum atomic E-state index is 0.603. The van der Waals surface area contributed by atoms with Gasteiger partial charge in [-0.15, -0.1) is 0 Å². The van der Waals surface area contributed by atoms with E-state index in [-0.39, 0.29) is 0 Å². The monoisotopic (exact) mass is 726 g/mol. The molecule has 0 N–H and O–H groups in total. The van der Waals surface area contributed by atoms with Gasteiger partial charge in [0.25, 0.3) is 0 Å². The molecule has 6 nitrogen and oxygen atoms in total. The summed E-state index contributed by atoms with van der Waals surface area (Å²) < 4.78 is 2.19. The van der Waals surface area contributed by atoms with E-state index in [4.69, 9.17) is 26.5 Å². The lowest BCUT2D eigenvalue weighted by Crippen LogP contribution is -2.01. The molecule has 0 spiro atoms. The predicted octanol–water partition coefficient (Wildman–Crippen LogP) is 13.0. The van der Waals surface area contributed by atoms with E-state index in [2.05, 4.69) is 155 Å². The van der Waals surface area contributed by atoms with Gasteiger partial charge < -0.3 is 0 Å². The van der Waals surface area contributed by atoms with E-state index in [0.29, 0.717) is 23.2 Å². The van der Waals surface area contributed by atoms with Gasteiger partial charge in [-0.25, -0.2) is 24.8 Å². The third-order valence-electron chi connectivity index (χ3n) is 10.9. The zero-order valence-corrected chi connectivity index (χ0v) is 30.5. The van der Waals surface area contributed by atoms with Gasteiger partial charge in [0, 0.05) is 27.5 Å². The Bertz CT molecular complexity index is 3320. The smallest absolute Gasteiger partial charge is 0.188 e. The minimum Gasteiger partial charge on any atom is -0.294 e. The number of benzene rings is 8. The highest BCUT2D eigenvalue weighted by Crippen LogP contribution is 2.38. The van der Waals surface area contributed by atoms with Crippen LogP contribution in [-0.2, 0) is 0 Å². The number of hydrogen-bond acceptors (Lipinski definition) is 4. The van der Waals surface area contributed by atoms with Crippen molar-refractivity contribution in [1.29, 1.82) is 0 Å². The maximum absolute atomic E-state index is 7.74. The van der Waals surface area contributed by atoms with Gasteiger partial charge in [0.2, 0.25) is 0 Å². The molecule has 0 aliphatic carbocycles. The number of pyridine rings is 1. The Labute approximate surface area is 327 Å². The topological polar surface area (TPSA) is 60.9 Å². The van der Waals surface area contributed by atoms with Crippen molar-refractivity contribution in [3.8, 4) is 51.1 Å². The molecule has 0 amide bonds. The standard InChI is InChI=1S/C51H30N6/c1-52-38-26-28-47-44(31-38)43-30-37(24-27-46(43)57(47)48-29-25-35-12-4-7-19-45(35)53-48)32-20-22-36(23-21-32)49-54-50(41-17-8-13-33-10-2-5-15-39(33)41)56-51(55-49)42-18-9-14-34-11-3-6-16-40(34)42/h2-31H. The van der Waals surface area contributed by atoms with Crippen LogP contribution in [0.4, 0.5) is 5.69 Å². The van der Waals surface area contributed by atoms with Crippen LogP contribution in [0, 0.1) is 6.57 Å². The van der Waals surface area contributed by atoms with Gasteiger partial charge >= 0.3 is 0 Å². The van der Waals surface area contributed by atoms with Crippen LogP contribution in [0.3, 0.4) is 0 Å². The summed E-state index contributed by atoms with van der Waals surface area (Å²) in [6, 6.07) is 62.4. The van der Waals surface area contributed by atoms with Crippen LogP contribution in [0.1, 0.15) is 0 Å². The summed E-state index contributed by atoms with van der Waals surface area (Å²) >= 11 is 0. The van der Waals surface area contributed by atoms with Crippen LogP contribution in [0.25, 0.3) is 110 Å². The molecule has 0 aliphatic heterocycles. The van der Waals surface area contributed by atoms with Crippen molar-refractivity contribution in [2.45, 2.75) is 0 Å². The Morgan fingerprint density at radius 2 is 0.930 bits per heavy atom. The molecule has 11 rings (SSSR count). The lowest BCUT2D eigenvalue weighted by molar-refractivity contribution is 1.08. The summed E-state index contributed by atoms with van der Waals surface area (Å²) in [6.07, 6.45) is 0. The van der Waals surface area contributed by atoms with E-state index in [1.165, 1.54) is 0 Å². The van der Waals surface area contributed by atoms with E-state index in [0.717, 1.165) is 87.9 Å². The van der Waals surface area contributed by atoms with Crippen molar-refractivity contribution >= 4 is 59.9 Å². The largest absolute Gasteiger partial charge is 0.294 e. The molecule has 0 atom stereocenters. The number of fused-ring (bicyclic) bond motifs is 6. The minimum absolute atomic E-state index is 0.603. The first-order chi connectivity index (χ1) is 28.2. The lowest BCUT2D eigenvalue weighted by Gasteiger charge is -2.12. The fourth-order valence-electron chi connectivity index (χ4n) is 8.09. The fourth-order valence-corrected chi connectivity index (χ4v) is 8.09. The number of rotatable bonds is 5. The van der Waals surface area contributed by atoms with Gasteiger partial charge in [0.1, 0.15) is 5.82 Å². The first-order valence-corrected chi connectivity index (χ1v) is 18.8. The van der Waals surface area contributed by atoms with Crippen molar-refractivity contribution in [1.82, 2.24) is 24.5 Å². The fraction of sp³-hybridized carbons (Fsp3) is 0. The average molecular weight is 727 g/mol. The highest BCUT2D eigenvalue weighted by molar-refractivity contribution is 6.11. The molecule has 0 aliphatic rings. The highest BCUT2D eigenvalue weighted by atomic mass is 15.1. The van der Waals surface area contributed by atoms with E-state index >= 15 is 0 Å². The first kappa shape index (κ1) is 32.4. The SMILES string of the molecule is [C-]#[N+]c1ccc2c(c1)c1cc(-c3ccc(-c4nc(-c5cccc6ccccc56)nc(-c5cccc6ccccc56)n4)cc3)ccc1n2-c1ccc2ccccc2n1. The molecule has 0 bridgehead atoms. The second-order valence-electron chi connectivity index (χ2n) is 14.2. The van der Waals surface area contributed by atoms with Crippen molar-refractivity contribution in [3.05, 3.63) is 193 Å². The molecular formula is C51H30N6. The quantitative estimate of drug-likeness (QED) is 0.166. The Hall–Kier alpha value is -8.01. The van der Waals surface area contributed by atoms with Crippen LogP contribution in [0.5, 0.6) is 0 Å². The molecule has 8 aromatic carbocycles. The van der Waals surface area contributed by atoms with Crippen LogP contribution in [0.15, 0.2) is 182 Å². The summed E-state index contributed by atoms with van der Waals surface area (Å²) in [7, 11) is 0. The van der Waals surface area contributed by atoms with Crippen molar-refractivity contribution in [2.75, 3.05) is 0 Å². The molecule has 0 radical (unpaired) electrons. The van der Waals surface area contributed by atoms with Gasteiger partial charge in [0.15, 0.2) is 23.2 Å². The molecule has 264 valence electrons. The molecule has 0 saturated carbocycles. The maximum Gasteiger partial charge on any atom is 0.188 e. The van der Waals surface area contributed by atoms with Crippen LogP contribution in [0.2, 0.25) is 0 Å². The molecule has 11 aromatic rings. The third kappa shape index (κ3) is 5.49. The second kappa shape index (κ2) is 13.1. The Kier molecular flexibility index (Phi) is 7.44. The van der Waals surface area contributed by atoms with Crippen molar-refractivity contribution in [3.63, 3.8) is 0 Å². The Morgan fingerprint density at radius 3 is 1.61 bits per heavy atom. The van der Waals surface area contributed by atoms with Crippen LogP contribution >= 0.6 is 0 Å². The van der Waals surface area contributed by atoms with Crippen molar-refractivity contribution < 1.29 is 0 Å². The summed E-state index contributed by atoms with van der Waals surface area (Å²) in [5.74, 6) is 2.70. The van der Waals surface area contributed by atoms with E-state index in [1.54, 1.807) is 0 Å². The predicted molar refractivity (Wildman–Crippen MR) is 232 cm³/mol. The number of para-hydroxylation sites is 1. The molecule has 0 unspecified atom stereocenters. The van der Waals surface area contributed by atoms with Gasteiger partial charge in [-0.1, -0.05) is 140 Å². The summed E-state index contributed by atoms with van der Waals surface area (Å²) in [5.41, 5.74) is 8.52. The van der Waals surface area contributed by atoms with Crippen molar-refractivity contribution in [2.24, 2.45) is 0 Å². The van der Waals surface area contributed by atoms with Crippen LogP contribution in [-0.4, -0.2) is 24.5 Å². The van der Waals surface area contributed by atoms with E-state index in [1.807, 2.05) is 36.4 Å². The number of nitrogens with zero attached hydrogens (tertiary/aromatic N) is 6.